The van der Waals surface area contributed by atoms with Gasteiger partial charge in [-0.2, -0.15) is 0 Å². The number of aryl methyl sites for hydroxylation is 1. The number of rotatable bonds is 3. The van der Waals surface area contributed by atoms with Gasteiger partial charge in [-0.1, -0.05) is 24.3 Å². The van der Waals surface area contributed by atoms with E-state index in [4.69, 9.17) is 0 Å². The van der Waals surface area contributed by atoms with Gasteiger partial charge in [-0.3, -0.25) is 0 Å². The van der Waals surface area contributed by atoms with Gasteiger partial charge in [-0.05, 0) is 75.8 Å². The molecular formula is C17H26N2. The van der Waals surface area contributed by atoms with Crippen LogP contribution in [-0.4, -0.2) is 37.6 Å². The van der Waals surface area contributed by atoms with Gasteiger partial charge < -0.3 is 10.2 Å². The predicted molar refractivity (Wildman–Crippen MR) is 80.5 cm³/mol. The van der Waals surface area contributed by atoms with E-state index in [1.807, 2.05) is 0 Å². The molecule has 3 rings (SSSR count). The largest absolute Gasteiger partial charge is 0.319 e. The first-order valence-corrected chi connectivity index (χ1v) is 7.82. The quantitative estimate of drug-likeness (QED) is 0.896. The van der Waals surface area contributed by atoms with Crippen LogP contribution in [0.4, 0.5) is 0 Å². The smallest absolute Gasteiger partial charge is 0.0139 e. The van der Waals surface area contributed by atoms with Crippen molar-refractivity contribution < 1.29 is 0 Å². The Balaban J connectivity index is 1.57. The minimum absolute atomic E-state index is 0.797. The first-order valence-electron chi connectivity index (χ1n) is 7.82. The molecule has 1 unspecified atom stereocenters. The standard InChI is InChI=1S/C17H26N2/c1-18-13-14-8-10-19(11-9-14)17-7-6-15-4-2-3-5-16(15)12-17/h2-5,14,17-18H,6-13H2,1H3. The third-order valence-corrected chi connectivity index (χ3v) is 4.98. The van der Waals surface area contributed by atoms with Gasteiger partial charge in [0.1, 0.15) is 0 Å². The van der Waals surface area contributed by atoms with Gasteiger partial charge in [0, 0.05) is 6.04 Å². The maximum atomic E-state index is 3.33. The van der Waals surface area contributed by atoms with E-state index in [9.17, 15) is 0 Å². The maximum absolute atomic E-state index is 3.33. The maximum Gasteiger partial charge on any atom is 0.0139 e. The average Bonchev–Trinajstić information content (AvgIpc) is 2.48. The van der Waals surface area contributed by atoms with E-state index in [-0.39, 0.29) is 0 Å². The lowest BCUT2D eigenvalue weighted by Crippen LogP contribution is -2.45. The van der Waals surface area contributed by atoms with Crippen molar-refractivity contribution >= 4 is 0 Å². The Morgan fingerprint density at radius 1 is 1.11 bits per heavy atom. The average molecular weight is 258 g/mol. The normalized spacial score (nSPS) is 25.2. The number of nitrogens with one attached hydrogen (secondary N) is 1. The number of fused-ring (bicyclic) bond motifs is 1. The van der Waals surface area contributed by atoms with E-state index >= 15 is 0 Å². The van der Waals surface area contributed by atoms with E-state index in [1.165, 1.54) is 51.7 Å². The number of benzene rings is 1. The molecular weight excluding hydrogens is 232 g/mol. The van der Waals surface area contributed by atoms with Crippen LogP contribution >= 0.6 is 0 Å². The highest BCUT2D eigenvalue weighted by molar-refractivity contribution is 5.30. The Morgan fingerprint density at radius 2 is 1.84 bits per heavy atom. The van der Waals surface area contributed by atoms with Gasteiger partial charge in [0.2, 0.25) is 0 Å². The fraction of sp³-hybridized carbons (Fsp3) is 0.647. The summed E-state index contributed by atoms with van der Waals surface area (Å²) in [6.07, 6.45) is 6.65. The Bertz CT molecular complexity index is 407. The minimum atomic E-state index is 0.797. The van der Waals surface area contributed by atoms with E-state index in [1.54, 1.807) is 11.1 Å². The van der Waals surface area contributed by atoms with Crippen molar-refractivity contribution in [2.75, 3.05) is 26.7 Å². The van der Waals surface area contributed by atoms with Gasteiger partial charge in [-0.25, -0.2) is 0 Å². The van der Waals surface area contributed by atoms with Crippen molar-refractivity contribution in [1.29, 1.82) is 0 Å². The summed E-state index contributed by atoms with van der Waals surface area (Å²) in [6, 6.07) is 9.81. The topological polar surface area (TPSA) is 15.3 Å². The fourth-order valence-electron chi connectivity index (χ4n) is 3.80. The third kappa shape index (κ3) is 3.01. The Labute approximate surface area is 117 Å². The van der Waals surface area contributed by atoms with Crippen LogP contribution < -0.4 is 5.32 Å². The van der Waals surface area contributed by atoms with Crippen molar-refractivity contribution in [1.82, 2.24) is 10.2 Å². The summed E-state index contributed by atoms with van der Waals surface area (Å²) in [5.41, 5.74) is 3.18. The first kappa shape index (κ1) is 13.1. The van der Waals surface area contributed by atoms with Gasteiger partial charge in [0.25, 0.3) is 0 Å². The van der Waals surface area contributed by atoms with Gasteiger partial charge in [-0.15, -0.1) is 0 Å². The predicted octanol–water partition coefficient (Wildman–Crippen LogP) is 2.48. The molecule has 0 bridgehead atoms. The van der Waals surface area contributed by atoms with Crippen LogP contribution in [0.5, 0.6) is 0 Å². The second-order valence-electron chi connectivity index (χ2n) is 6.20. The molecule has 1 fully saturated rings. The summed E-state index contributed by atoms with van der Waals surface area (Å²) >= 11 is 0. The zero-order valence-electron chi connectivity index (χ0n) is 12.1. The number of likely N-dealkylation sites (tertiary alicyclic amines) is 1. The van der Waals surface area contributed by atoms with E-state index in [0.717, 1.165) is 12.0 Å². The molecule has 1 N–H and O–H groups in total. The number of piperidine rings is 1. The Morgan fingerprint density at radius 3 is 2.58 bits per heavy atom. The van der Waals surface area contributed by atoms with Crippen LogP contribution in [0.3, 0.4) is 0 Å². The van der Waals surface area contributed by atoms with Crippen molar-refractivity contribution in [3.05, 3.63) is 35.4 Å². The lowest BCUT2D eigenvalue weighted by atomic mass is 9.86. The number of nitrogens with zero attached hydrogens (tertiary/aromatic N) is 1. The van der Waals surface area contributed by atoms with Gasteiger partial charge in [0.05, 0.1) is 0 Å². The molecule has 1 aromatic carbocycles. The van der Waals surface area contributed by atoms with E-state index in [0.29, 0.717) is 0 Å². The zero-order valence-corrected chi connectivity index (χ0v) is 12.1. The summed E-state index contributed by atoms with van der Waals surface area (Å²) in [7, 11) is 2.07. The highest BCUT2D eigenvalue weighted by Crippen LogP contribution is 2.27. The molecule has 2 heteroatoms. The van der Waals surface area contributed by atoms with Crippen LogP contribution in [0.2, 0.25) is 0 Å². The second kappa shape index (κ2) is 6.06. The zero-order chi connectivity index (χ0) is 13.1. The van der Waals surface area contributed by atoms with Crippen molar-refractivity contribution in [3.8, 4) is 0 Å². The number of hydrogen-bond acceptors (Lipinski definition) is 2. The molecule has 1 aliphatic heterocycles. The molecule has 2 aliphatic rings. The summed E-state index contributed by atoms with van der Waals surface area (Å²) in [5, 5.41) is 3.33. The SMILES string of the molecule is CNCC1CCN(C2CCc3ccccc3C2)CC1. The van der Waals surface area contributed by atoms with Crippen LogP contribution in [0, 0.1) is 5.92 Å². The molecule has 0 radical (unpaired) electrons. The molecule has 1 aromatic rings. The Hall–Kier alpha value is -0.860. The molecule has 1 atom stereocenters. The first-order chi connectivity index (χ1) is 9.36. The molecule has 19 heavy (non-hydrogen) atoms. The van der Waals surface area contributed by atoms with Crippen molar-refractivity contribution in [2.45, 2.75) is 38.1 Å². The summed E-state index contributed by atoms with van der Waals surface area (Å²) in [5.74, 6) is 0.900. The summed E-state index contributed by atoms with van der Waals surface area (Å²) < 4.78 is 0. The third-order valence-electron chi connectivity index (χ3n) is 4.98. The van der Waals surface area contributed by atoms with Crippen LogP contribution in [0.25, 0.3) is 0 Å². The van der Waals surface area contributed by atoms with Crippen molar-refractivity contribution in [2.24, 2.45) is 5.92 Å². The molecule has 2 nitrogen and oxygen atoms in total. The molecule has 0 aromatic heterocycles. The van der Waals surface area contributed by atoms with Gasteiger partial charge in [0.15, 0.2) is 0 Å². The van der Waals surface area contributed by atoms with Crippen LogP contribution in [0.1, 0.15) is 30.4 Å². The molecule has 0 spiro atoms. The molecule has 1 aliphatic carbocycles. The molecule has 1 saturated heterocycles. The Kier molecular flexibility index (Phi) is 4.19. The highest BCUT2D eigenvalue weighted by Gasteiger charge is 2.27. The van der Waals surface area contributed by atoms with Gasteiger partial charge >= 0.3 is 0 Å². The van der Waals surface area contributed by atoms with E-state index in [2.05, 4.69) is 41.5 Å². The molecule has 104 valence electrons. The fourth-order valence-corrected chi connectivity index (χ4v) is 3.80. The minimum Gasteiger partial charge on any atom is -0.319 e. The van der Waals surface area contributed by atoms with Crippen LogP contribution in [0.15, 0.2) is 24.3 Å². The molecule has 0 saturated carbocycles. The molecule has 1 heterocycles. The van der Waals surface area contributed by atoms with E-state index < -0.39 is 0 Å². The van der Waals surface area contributed by atoms with Crippen LogP contribution in [-0.2, 0) is 12.8 Å². The summed E-state index contributed by atoms with van der Waals surface area (Å²) in [6.45, 7) is 3.81. The lowest BCUT2D eigenvalue weighted by Gasteiger charge is -2.39. The summed E-state index contributed by atoms with van der Waals surface area (Å²) in [4.78, 5) is 2.75. The van der Waals surface area contributed by atoms with Crippen molar-refractivity contribution in [3.63, 3.8) is 0 Å². The highest BCUT2D eigenvalue weighted by atomic mass is 15.2. The lowest BCUT2D eigenvalue weighted by molar-refractivity contribution is 0.122. The molecule has 0 amide bonds. The number of hydrogen-bond donors (Lipinski definition) is 1. The monoisotopic (exact) mass is 258 g/mol. The second-order valence-corrected chi connectivity index (χ2v) is 6.20.